The van der Waals surface area contributed by atoms with Crippen molar-refractivity contribution in [1.82, 2.24) is 9.97 Å². The first-order valence-corrected chi connectivity index (χ1v) is 12.4. The molecule has 4 atom stereocenters. The Morgan fingerprint density at radius 2 is 1.74 bits per heavy atom. The second-order valence-corrected chi connectivity index (χ2v) is 9.97. The summed E-state index contributed by atoms with van der Waals surface area (Å²) in [5.41, 5.74) is 6.34. The molecule has 1 saturated heterocycles. The summed E-state index contributed by atoms with van der Waals surface area (Å²) in [6.07, 6.45) is -0.654. The van der Waals surface area contributed by atoms with Crippen LogP contribution in [-0.4, -0.2) is 42.4 Å². The number of aromatic nitrogens is 2. The van der Waals surface area contributed by atoms with Gasteiger partial charge in [0.25, 0.3) is 0 Å². The number of carbonyl (C=O) groups excluding carboxylic acids is 2. The van der Waals surface area contributed by atoms with Crippen LogP contribution in [0.25, 0.3) is 22.1 Å². The lowest BCUT2D eigenvalue weighted by atomic mass is 9.66. The Labute approximate surface area is 217 Å². The van der Waals surface area contributed by atoms with Crippen LogP contribution in [0.3, 0.4) is 0 Å². The molecule has 1 aliphatic carbocycles. The van der Waals surface area contributed by atoms with Gasteiger partial charge in [-0.05, 0) is 60.0 Å². The molecule has 1 fully saturated rings. The van der Waals surface area contributed by atoms with E-state index in [0.717, 1.165) is 33.3 Å². The fourth-order valence-electron chi connectivity index (χ4n) is 6.06. The van der Waals surface area contributed by atoms with Crippen molar-refractivity contribution < 1.29 is 33.3 Å². The molecule has 2 aliphatic heterocycles. The number of rotatable bonds is 3. The van der Waals surface area contributed by atoms with Gasteiger partial charge in [-0.1, -0.05) is 6.07 Å². The van der Waals surface area contributed by atoms with Crippen molar-refractivity contribution in [1.29, 1.82) is 0 Å². The van der Waals surface area contributed by atoms with Gasteiger partial charge in [-0.3, -0.25) is 9.59 Å². The molecule has 38 heavy (non-hydrogen) atoms. The van der Waals surface area contributed by atoms with Gasteiger partial charge in [-0.15, -0.1) is 0 Å². The van der Waals surface area contributed by atoms with Crippen molar-refractivity contribution in [3.63, 3.8) is 0 Å². The maximum absolute atomic E-state index is 13.2. The molecule has 3 heterocycles. The number of hydrogen-bond donors (Lipinski definition) is 0. The average Bonchev–Trinajstić information content (AvgIpc) is 3.52. The molecule has 192 valence electrons. The van der Waals surface area contributed by atoms with Gasteiger partial charge in [0.1, 0.15) is 17.4 Å². The van der Waals surface area contributed by atoms with Crippen LogP contribution >= 0.6 is 0 Å². The zero-order valence-corrected chi connectivity index (χ0v) is 21.0. The lowest BCUT2D eigenvalue weighted by molar-refractivity contribution is -0.152. The summed E-state index contributed by atoms with van der Waals surface area (Å²) in [5, 5.41) is 0. The lowest BCUT2D eigenvalue weighted by Crippen LogP contribution is -2.36. The van der Waals surface area contributed by atoms with Gasteiger partial charge in [-0.25, -0.2) is 9.97 Å². The van der Waals surface area contributed by atoms with Crippen LogP contribution in [0.5, 0.6) is 17.2 Å². The smallest absolute Gasteiger partial charge is 0.310 e. The van der Waals surface area contributed by atoms with Crippen molar-refractivity contribution in [2.45, 2.75) is 25.9 Å². The van der Waals surface area contributed by atoms with Crippen LogP contribution in [0.15, 0.2) is 42.5 Å². The number of hydrogen-bond acceptors (Lipinski definition) is 9. The highest BCUT2D eigenvalue weighted by Crippen LogP contribution is 2.55. The Kier molecular flexibility index (Phi) is 4.98. The van der Waals surface area contributed by atoms with Crippen LogP contribution in [0.2, 0.25) is 0 Å². The molecule has 3 aliphatic rings. The van der Waals surface area contributed by atoms with E-state index in [2.05, 4.69) is 0 Å². The number of nitrogens with zero attached hydrogens (tertiary/aromatic N) is 2. The summed E-state index contributed by atoms with van der Waals surface area (Å²) in [6.45, 7) is 3.63. The molecule has 0 spiro atoms. The molecule has 0 saturated carbocycles. The highest BCUT2D eigenvalue weighted by Gasteiger charge is 2.54. The quantitative estimate of drug-likeness (QED) is 0.292. The monoisotopic (exact) mass is 512 g/mol. The number of esters is 2. The number of fused-ring (bicyclic) bond motifs is 5. The number of ether oxygens (including phenoxy) is 5. The Morgan fingerprint density at radius 3 is 2.50 bits per heavy atom. The van der Waals surface area contributed by atoms with E-state index in [1.165, 1.54) is 6.92 Å². The predicted octanol–water partition coefficient (Wildman–Crippen LogP) is 4.37. The highest BCUT2D eigenvalue weighted by atomic mass is 16.7. The highest BCUT2D eigenvalue weighted by molar-refractivity contribution is 5.91. The second kappa shape index (κ2) is 8.31. The number of benzene rings is 3. The second-order valence-electron chi connectivity index (χ2n) is 9.97. The first-order valence-electron chi connectivity index (χ1n) is 12.4. The van der Waals surface area contributed by atoms with Crippen molar-refractivity contribution >= 4 is 34.0 Å². The summed E-state index contributed by atoms with van der Waals surface area (Å²) in [4.78, 5) is 35.0. The molecule has 4 aromatic rings. The molecular weight excluding hydrogens is 488 g/mol. The third kappa shape index (κ3) is 3.38. The van der Waals surface area contributed by atoms with Crippen LogP contribution in [0, 0.1) is 18.8 Å². The summed E-state index contributed by atoms with van der Waals surface area (Å²) in [7, 11) is 1.59. The van der Waals surface area contributed by atoms with Crippen LogP contribution < -0.4 is 14.2 Å². The minimum Gasteiger partial charge on any atom is -0.494 e. The topological polar surface area (TPSA) is 106 Å². The Bertz CT molecular complexity index is 1670. The van der Waals surface area contributed by atoms with Gasteiger partial charge >= 0.3 is 11.9 Å². The summed E-state index contributed by atoms with van der Waals surface area (Å²) < 4.78 is 28.4. The average molecular weight is 513 g/mol. The molecule has 9 heteroatoms. The van der Waals surface area contributed by atoms with Gasteiger partial charge in [-0.2, -0.15) is 0 Å². The van der Waals surface area contributed by atoms with E-state index in [-0.39, 0.29) is 25.3 Å². The number of carbonyl (C=O) groups is 2. The van der Waals surface area contributed by atoms with E-state index in [4.69, 9.17) is 33.7 Å². The molecular formula is C29H24N2O7. The molecule has 3 aromatic carbocycles. The number of cyclic esters (lactones) is 1. The van der Waals surface area contributed by atoms with Crippen LogP contribution in [-0.2, 0) is 19.1 Å². The maximum atomic E-state index is 13.2. The van der Waals surface area contributed by atoms with Gasteiger partial charge in [0.05, 0.1) is 36.2 Å². The summed E-state index contributed by atoms with van der Waals surface area (Å²) >= 11 is 0. The molecule has 0 unspecified atom stereocenters. The first-order chi connectivity index (χ1) is 18.4. The van der Waals surface area contributed by atoms with E-state index in [1.807, 2.05) is 49.4 Å². The zero-order valence-electron chi connectivity index (χ0n) is 21.0. The predicted molar refractivity (Wildman–Crippen MR) is 135 cm³/mol. The normalized spacial score (nSPS) is 23.2. The van der Waals surface area contributed by atoms with Crippen molar-refractivity contribution in [2.75, 3.05) is 20.5 Å². The van der Waals surface area contributed by atoms with E-state index in [9.17, 15) is 9.59 Å². The zero-order chi connectivity index (χ0) is 26.1. The molecule has 7 rings (SSSR count). The molecule has 0 radical (unpaired) electrons. The first kappa shape index (κ1) is 22.8. The van der Waals surface area contributed by atoms with Crippen molar-refractivity contribution in [2.24, 2.45) is 11.8 Å². The Hall–Kier alpha value is -4.40. The van der Waals surface area contributed by atoms with Gasteiger partial charge < -0.3 is 23.7 Å². The van der Waals surface area contributed by atoms with Gasteiger partial charge in [0.15, 0.2) is 11.5 Å². The lowest BCUT2D eigenvalue weighted by Gasteiger charge is -2.38. The largest absolute Gasteiger partial charge is 0.494 e. The third-order valence-corrected chi connectivity index (χ3v) is 7.67. The van der Waals surface area contributed by atoms with Crippen LogP contribution in [0.1, 0.15) is 41.2 Å². The standard InChI is InChI=1S/C29H24N2O7/c1-13-4-5-19-20(6-13)31-27-21(30-19)7-15(8-24(27)34-3)25-16-9-22-23(37-12-36-22)10-17(16)28(38-14(2)32)18-11-35-29(33)26(18)25/h4-10,18,25-26,28H,11-12H2,1-3H3/t18-,25-,26-,28+/m1/s1. The fraction of sp³-hybridized carbons (Fsp3) is 0.310. The fourth-order valence-corrected chi connectivity index (χ4v) is 6.06. The van der Waals surface area contributed by atoms with E-state index < -0.39 is 23.9 Å². The SMILES string of the molecule is COc1cc([C@@H]2c3cc4c(cc3[C@H](OC(C)=O)[C@@H]3COC(=O)[C@@H]23)OCO4)cc2nc3ccc(C)cc3nc12. The maximum Gasteiger partial charge on any atom is 0.310 e. The van der Waals surface area contributed by atoms with Gasteiger partial charge in [0, 0.05) is 24.3 Å². The number of aryl methyl sites for hydroxylation is 1. The summed E-state index contributed by atoms with van der Waals surface area (Å²) in [6, 6.07) is 13.5. The third-order valence-electron chi connectivity index (χ3n) is 7.67. The van der Waals surface area contributed by atoms with E-state index in [1.54, 1.807) is 7.11 Å². The van der Waals surface area contributed by atoms with Crippen molar-refractivity contribution in [3.05, 3.63) is 64.7 Å². The molecule has 1 aromatic heterocycles. The molecule has 0 bridgehead atoms. The van der Waals surface area contributed by atoms with E-state index >= 15 is 0 Å². The Balaban J connectivity index is 1.48. The molecule has 0 amide bonds. The number of methoxy groups -OCH3 is 1. The van der Waals surface area contributed by atoms with E-state index in [0.29, 0.717) is 28.3 Å². The molecule has 9 nitrogen and oxygen atoms in total. The Morgan fingerprint density at radius 1 is 0.947 bits per heavy atom. The minimum atomic E-state index is -0.654. The summed E-state index contributed by atoms with van der Waals surface area (Å²) in [5.74, 6) is -0.413. The minimum absolute atomic E-state index is 0.0992. The van der Waals surface area contributed by atoms with Crippen LogP contribution in [0.4, 0.5) is 0 Å². The van der Waals surface area contributed by atoms with Crippen molar-refractivity contribution in [3.8, 4) is 17.2 Å². The molecule has 0 N–H and O–H groups in total. The van der Waals surface area contributed by atoms with Gasteiger partial charge in [0.2, 0.25) is 6.79 Å².